The maximum atomic E-state index is 12.4. The lowest BCUT2D eigenvalue weighted by Gasteiger charge is -2.15. The van der Waals surface area contributed by atoms with Crippen LogP contribution in [0.5, 0.6) is 5.75 Å². The lowest BCUT2D eigenvalue weighted by Crippen LogP contribution is -2.29. The lowest BCUT2D eigenvalue weighted by atomic mass is 10.0. The van der Waals surface area contributed by atoms with E-state index in [-0.39, 0.29) is 23.4 Å². The normalized spacial score (nSPS) is 11.7. The number of aryl methyl sites for hydroxylation is 2. The molecule has 0 spiro atoms. The van der Waals surface area contributed by atoms with Gasteiger partial charge in [0.1, 0.15) is 11.3 Å². The van der Waals surface area contributed by atoms with E-state index in [0.717, 1.165) is 11.1 Å². The molecule has 0 fully saturated rings. The number of amides is 1. The summed E-state index contributed by atoms with van der Waals surface area (Å²) in [5, 5.41) is 22.1. The number of carboxylic acid groups (broad SMARTS) is 1. The molecule has 0 saturated heterocycles. The van der Waals surface area contributed by atoms with E-state index in [9.17, 15) is 19.8 Å². The fourth-order valence-electron chi connectivity index (χ4n) is 2.71. The number of hydrogen-bond donors (Lipinski definition) is 3. The average molecular weight is 343 g/mol. The van der Waals surface area contributed by atoms with Crippen molar-refractivity contribution in [1.82, 2.24) is 5.32 Å². The molecule has 2 aromatic carbocycles. The molecule has 2 rings (SSSR count). The highest BCUT2D eigenvalue weighted by Gasteiger charge is 2.20. The Morgan fingerprint density at radius 3 is 2.28 bits per heavy atom. The minimum atomic E-state index is -1.18. The van der Waals surface area contributed by atoms with Crippen LogP contribution in [-0.2, 0) is 0 Å². The molecule has 0 aliphatic heterocycles. The number of ether oxygens (including phenoxy) is 1. The Morgan fingerprint density at radius 2 is 1.72 bits per heavy atom. The van der Waals surface area contributed by atoms with E-state index >= 15 is 0 Å². The second-order valence-corrected chi connectivity index (χ2v) is 5.84. The first-order valence-corrected chi connectivity index (χ1v) is 7.78. The summed E-state index contributed by atoms with van der Waals surface area (Å²) in [5.74, 6) is -1.70. The molecule has 6 nitrogen and oxygen atoms in total. The third-order valence-corrected chi connectivity index (χ3v) is 3.78. The Bertz CT molecular complexity index is 780. The lowest BCUT2D eigenvalue weighted by molar-refractivity contribution is 0.0693. The molecule has 0 aromatic heterocycles. The number of aliphatic hydroxyl groups is 1. The summed E-state index contributed by atoms with van der Waals surface area (Å²) in [6.45, 7) is 3.87. The third-order valence-electron chi connectivity index (χ3n) is 3.78. The quantitative estimate of drug-likeness (QED) is 0.749. The van der Waals surface area contributed by atoms with Crippen LogP contribution < -0.4 is 10.1 Å². The molecule has 0 aliphatic carbocycles. The summed E-state index contributed by atoms with van der Waals surface area (Å²) >= 11 is 0. The smallest absolute Gasteiger partial charge is 0.339 e. The van der Waals surface area contributed by atoms with Crippen LogP contribution in [0.2, 0.25) is 0 Å². The standard InChI is InChI=1S/C19H21NO5/c1-11-7-12(2)9-13(8-11)16(21)10-20-18(22)14-5-4-6-15(19(23)24)17(14)25-3/h4-9,16,21H,10H2,1-3H3,(H,20,22)(H,23,24). The van der Waals surface area contributed by atoms with Gasteiger partial charge in [-0.2, -0.15) is 0 Å². The topological polar surface area (TPSA) is 95.9 Å². The third kappa shape index (κ3) is 4.36. The minimum Gasteiger partial charge on any atom is -0.495 e. The molecule has 1 amide bonds. The van der Waals surface area contributed by atoms with Gasteiger partial charge in [0.25, 0.3) is 5.91 Å². The number of rotatable bonds is 6. The highest BCUT2D eigenvalue weighted by atomic mass is 16.5. The predicted octanol–water partition coefficient (Wildman–Crippen LogP) is 2.47. The maximum absolute atomic E-state index is 12.4. The first-order chi connectivity index (χ1) is 11.8. The molecule has 0 heterocycles. The van der Waals surface area contributed by atoms with Gasteiger partial charge in [-0.15, -0.1) is 0 Å². The molecule has 25 heavy (non-hydrogen) atoms. The van der Waals surface area contributed by atoms with Gasteiger partial charge in [-0.1, -0.05) is 35.4 Å². The van der Waals surface area contributed by atoms with Crippen molar-refractivity contribution in [2.75, 3.05) is 13.7 Å². The summed E-state index contributed by atoms with van der Waals surface area (Å²) in [5.41, 5.74) is 2.77. The number of aromatic carboxylic acids is 1. The van der Waals surface area contributed by atoms with Crippen LogP contribution in [0.4, 0.5) is 0 Å². The van der Waals surface area contributed by atoms with Gasteiger partial charge < -0.3 is 20.3 Å². The monoisotopic (exact) mass is 343 g/mol. The van der Waals surface area contributed by atoms with Gasteiger partial charge in [-0.3, -0.25) is 4.79 Å². The number of aliphatic hydroxyl groups excluding tert-OH is 1. The molecular formula is C19H21NO5. The van der Waals surface area contributed by atoms with E-state index in [2.05, 4.69) is 5.32 Å². The molecule has 132 valence electrons. The molecule has 3 N–H and O–H groups in total. The summed E-state index contributed by atoms with van der Waals surface area (Å²) in [7, 11) is 1.31. The number of nitrogens with one attached hydrogen (secondary N) is 1. The molecule has 1 unspecified atom stereocenters. The Balaban J connectivity index is 2.15. The second-order valence-electron chi connectivity index (χ2n) is 5.84. The largest absolute Gasteiger partial charge is 0.495 e. The summed E-state index contributed by atoms with van der Waals surface area (Å²) in [6, 6.07) is 10.0. The first-order valence-electron chi connectivity index (χ1n) is 7.78. The van der Waals surface area contributed by atoms with Crippen LogP contribution in [0.3, 0.4) is 0 Å². The van der Waals surface area contributed by atoms with Crippen molar-refractivity contribution >= 4 is 11.9 Å². The number of methoxy groups -OCH3 is 1. The number of carbonyl (C=O) groups is 2. The number of para-hydroxylation sites is 1. The predicted molar refractivity (Wildman–Crippen MR) is 93.2 cm³/mol. The fraction of sp³-hybridized carbons (Fsp3) is 0.263. The first kappa shape index (κ1) is 18.5. The van der Waals surface area contributed by atoms with Crippen molar-refractivity contribution in [3.8, 4) is 5.75 Å². The minimum absolute atomic E-state index is 0.00216. The molecule has 2 aromatic rings. The zero-order valence-corrected chi connectivity index (χ0v) is 14.4. The van der Waals surface area contributed by atoms with E-state index < -0.39 is 18.0 Å². The van der Waals surface area contributed by atoms with Gasteiger partial charge in [0.15, 0.2) is 0 Å². The van der Waals surface area contributed by atoms with E-state index in [0.29, 0.717) is 5.56 Å². The van der Waals surface area contributed by atoms with E-state index in [1.165, 1.54) is 25.3 Å². The molecule has 0 bridgehead atoms. The summed E-state index contributed by atoms with van der Waals surface area (Å²) in [4.78, 5) is 23.6. The van der Waals surface area contributed by atoms with Gasteiger partial charge in [-0.25, -0.2) is 4.79 Å². The van der Waals surface area contributed by atoms with Crippen molar-refractivity contribution < 1.29 is 24.5 Å². The van der Waals surface area contributed by atoms with Gasteiger partial charge in [0.05, 0.1) is 18.8 Å². The molecule has 0 radical (unpaired) electrons. The average Bonchev–Trinajstić information content (AvgIpc) is 2.57. The molecule has 0 saturated carbocycles. The summed E-state index contributed by atoms with van der Waals surface area (Å²) in [6.07, 6.45) is -0.865. The van der Waals surface area contributed by atoms with Crippen molar-refractivity contribution in [1.29, 1.82) is 0 Å². The number of hydrogen-bond acceptors (Lipinski definition) is 4. The number of carboxylic acids is 1. The van der Waals surface area contributed by atoms with E-state index in [1.54, 1.807) is 0 Å². The highest BCUT2D eigenvalue weighted by Crippen LogP contribution is 2.24. The van der Waals surface area contributed by atoms with Crippen LogP contribution >= 0.6 is 0 Å². The van der Waals surface area contributed by atoms with Crippen LogP contribution in [0.1, 0.15) is 43.5 Å². The molecule has 1 atom stereocenters. The Hall–Kier alpha value is -2.86. The van der Waals surface area contributed by atoms with Crippen molar-refractivity contribution in [2.24, 2.45) is 0 Å². The van der Waals surface area contributed by atoms with Crippen LogP contribution in [0.25, 0.3) is 0 Å². The Morgan fingerprint density at radius 1 is 1.12 bits per heavy atom. The summed E-state index contributed by atoms with van der Waals surface area (Å²) < 4.78 is 5.08. The van der Waals surface area contributed by atoms with Gasteiger partial charge in [0, 0.05) is 6.54 Å². The molecule has 6 heteroatoms. The van der Waals surface area contributed by atoms with Gasteiger partial charge in [-0.05, 0) is 31.5 Å². The fourth-order valence-corrected chi connectivity index (χ4v) is 2.71. The van der Waals surface area contributed by atoms with E-state index in [1.807, 2.05) is 32.0 Å². The highest BCUT2D eigenvalue weighted by molar-refractivity contribution is 6.01. The second kappa shape index (κ2) is 7.81. The number of benzene rings is 2. The number of carbonyl (C=O) groups excluding carboxylic acids is 1. The zero-order valence-electron chi connectivity index (χ0n) is 14.4. The Labute approximate surface area is 146 Å². The van der Waals surface area contributed by atoms with Crippen molar-refractivity contribution in [3.63, 3.8) is 0 Å². The zero-order chi connectivity index (χ0) is 18.6. The Kier molecular flexibility index (Phi) is 5.77. The van der Waals surface area contributed by atoms with Crippen molar-refractivity contribution in [2.45, 2.75) is 20.0 Å². The van der Waals surface area contributed by atoms with Crippen molar-refractivity contribution in [3.05, 3.63) is 64.2 Å². The molecule has 0 aliphatic rings. The van der Waals surface area contributed by atoms with Gasteiger partial charge in [0.2, 0.25) is 0 Å². The van der Waals surface area contributed by atoms with Crippen LogP contribution in [-0.4, -0.2) is 35.7 Å². The van der Waals surface area contributed by atoms with Gasteiger partial charge >= 0.3 is 5.97 Å². The van der Waals surface area contributed by atoms with E-state index in [4.69, 9.17) is 4.74 Å². The SMILES string of the molecule is COc1c(C(=O)O)cccc1C(=O)NCC(O)c1cc(C)cc(C)c1. The maximum Gasteiger partial charge on any atom is 0.339 e. The van der Waals surface area contributed by atoms with Crippen LogP contribution in [0, 0.1) is 13.8 Å². The molecular weight excluding hydrogens is 322 g/mol. The van der Waals surface area contributed by atoms with Crippen LogP contribution in [0.15, 0.2) is 36.4 Å².